The maximum absolute atomic E-state index is 5.80. The summed E-state index contributed by atoms with van der Waals surface area (Å²) in [4.78, 5) is 9.12. The SMILES string of the molecule is CCNC(=NCc1ccc(OCCCN(C)C)cc1)N(C)Cc1cccn1C.I. The fourth-order valence-electron chi connectivity index (χ4n) is 2.88. The summed E-state index contributed by atoms with van der Waals surface area (Å²) in [5, 5.41) is 3.38. The number of aliphatic imine (C=N–C) groups is 1. The molecule has 0 aliphatic heterocycles. The van der Waals surface area contributed by atoms with E-state index >= 15 is 0 Å². The molecule has 7 heteroatoms. The lowest BCUT2D eigenvalue weighted by Crippen LogP contribution is -2.38. The molecule has 29 heavy (non-hydrogen) atoms. The van der Waals surface area contributed by atoms with Crippen molar-refractivity contribution >= 4 is 29.9 Å². The first-order valence-electron chi connectivity index (χ1n) is 9.95. The molecule has 0 aliphatic carbocycles. The summed E-state index contributed by atoms with van der Waals surface area (Å²) >= 11 is 0. The van der Waals surface area contributed by atoms with Crippen LogP contribution in [-0.2, 0) is 20.1 Å². The Kier molecular flexibility index (Phi) is 11.8. The predicted octanol–water partition coefficient (Wildman–Crippen LogP) is 3.57. The molecule has 1 heterocycles. The quantitative estimate of drug-likeness (QED) is 0.229. The molecule has 1 aromatic carbocycles. The molecule has 0 saturated heterocycles. The molecule has 0 amide bonds. The van der Waals surface area contributed by atoms with Gasteiger partial charge in [-0.15, -0.1) is 24.0 Å². The average molecular weight is 513 g/mol. The third-order valence-corrected chi connectivity index (χ3v) is 4.50. The lowest BCUT2D eigenvalue weighted by molar-refractivity contribution is 0.281. The van der Waals surface area contributed by atoms with Gasteiger partial charge in [-0.3, -0.25) is 0 Å². The molecule has 0 radical (unpaired) electrons. The molecule has 2 aromatic rings. The summed E-state index contributed by atoms with van der Waals surface area (Å²) in [6.07, 6.45) is 3.09. The molecule has 162 valence electrons. The highest BCUT2D eigenvalue weighted by atomic mass is 127. The molecule has 0 atom stereocenters. The first-order valence-corrected chi connectivity index (χ1v) is 9.95. The topological polar surface area (TPSA) is 45.0 Å². The second-order valence-corrected chi connectivity index (χ2v) is 7.29. The summed E-state index contributed by atoms with van der Waals surface area (Å²) in [5.74, 6) is 1.83. The van der Waals surface area contributed by atoms with E-state index in [9.17, 15) is 0 Å². The molecule has 1 aromatic heterocycles. The van der Waals surface area contributed by atoms with Crippen LogP contribution in [0, 0.1) is 0 Å². The minimum Gasteiger partial charge on any atom is -0.494 e. The molecule has 0 unspecified atom stereocenters. The first-order chi connectivity index (χ1) is 13.5. The molecular formula is C22H36IN5O. The summed E-state index contributed by atoms with van der Waals surface area (Å²) in [6.45, 7) is 6.17. The van der Waals surface area contributed by atoms with Crippen molar-refractivity contribution in [3.8, 4) is 5.75 Å². The molecule has 6 nitrogen and oxygen atoms in total. The number of rotatable bonds is 10. The number of benzene rings is 1. The largest absolute Gasteiger partial charge is 0.494 e. The van der Waals surface area contributed by atoms with E-state index in [2.05, 4.69) is 85.3 Å². The normalized spacial score (nSPS) is 11.3. The van der Waals surface area contributed by atoms with Crippen molar-refractivity contribution < 1.29 is 4.74 Å². The molecule has 1 N–H and O–H groups in total. The smallest absolute Gasteiger partial charge is 0.194 e. The van der Waals surface area contributed by atoms with Crippen LogP contribution in [0.25, 0.3) is 0 Å². The van der Waals surface area contributed by atoms with Crippen molar-refractivity contribution in [3.63, 3.8) is 0 Å². The van der Waals surface area contributed by atoms with Crippen molar-refractivity contribution in [1.29, 1.82) is 0 Å². The van der Waals surface area contributed by atoms with E-state index in [0.29, 0.717) is 6.54 Å². The van der Waals surface area contributed by atoms with E-state index in [1.165, 1.54) is 11.3 Å². The maximum Gasteiger partial charge on any atom is 0.194 e. The van der Waals surface area contributed by atoms with Gasteiger partial charge in [0.25, 0.3) is 0 Å². The van der Waals surface area contributed by atoms with E-state index in [4.69, 9.17) is 9.73 Å². The number of nitrogens with zero attached hydrogens (tertiary/aromatic N) is 4. The second kappa shape index (κ2) is 13.5. The highest BCUT2D eigenvalue weighted by molar-refractivity contribution is 14.0. The van der Waals surface area contributed by atoms with Crippen LogP contribution in [0.5, 0.6) is 5.75 Å². The molecule has 0 saturated carbocycles. The van der Waals surface area contributed by atoms with Crippen LogP contribution in [0.1, 0.15) is 24.6 Å². The molecule has 0 aliphatic rings. The van der Waals surface area contributed by atoms with Gasteiger partial charge in [0, 0.05) is 39.1 Å². The Balaban J connectivity index is 0.00000420. The Morgan fingerprint density at radius 2 is 1.86 bits per heavy atom. The summed E-state index contributed by atoms with van der Waals surface area (Å²) in [5.41, 5.74) is 2.42. The van der Waals surface area contributed by atoms with Gasteiger partial charge in [0.15, 0.2) is 5.96 Å². The summed E-state index contributed by atoms with van der Waals surface area (Å²) in [6, 6.07) is 12.4. The van der Waals surface area contributed by atoms with Crippen molar-refractivity contribution in [2.45, 2.75) is 26.4 Å². The first kappa shape index (κ1) is 25.3. The van der Waals surface area contributed by atoms with E-state index < -0.39 is 0 Å². The Bertz CT molecular complexity index is 727. The summed E-state index contributed by atoms with van der Waals surface area (Å²) < 4.78 is 7.93. The molecule has 0 fully saturated rings. The third kappa shape index (κ3) is 9.08. The fraction of sp³-hybridized carbons (Fsp3) is 0.500. The van der Waals surface area contributed by atoms with Gasteiger partial charge in [0.2, 0.25) is 0 Å². The van der Waals surface area contributed by atoms with Gasteiger partial charge in [0.1, 0.15) is 5.75 Å². The van der Waals surface area contributed by atoms with Crippen LogP contribution in [0.15, 0.2) is 47.6 Å². The zero-order valence-electron chi connectivity index (χ0n) is 18.4. The van der Waals surface area contributed by atoms with Gasteiger partial charge in [-0.2, -0.15) is 0 Å². The molecule has 0 spiro atoms. The number of nitrogens with one attached hydrogen (secondary N) is 1. The van der Waals surface area contributed by atoms with E-state index in [1.54, 1.807) is 0 Å². The monoisotopic (exact) mass is 513 g/mol. The predicted molar refractivity (Wildman–Crippen MR) is 132 cm³/mol. The lowest BCUT2D eigenvalue weighted by atomic mass is 10.2. The fourth-order valence-corrected chi connectivity index (χ4v) is 2.88. The Morgan fingerprint density at radius 3 is 2.45 bits per heavy atom. The lowest BCUT2D eigenvalue weighted by Gasteiger charge is -2.22. The van der Waals surface area contributed by atoms with Crippen molar-refractivity contribution in [2.24, 2.45) is 12.0 Å². The van der Waals surface area contributed by atoms with Gasteiger partial charge in [-0.25, -0.2) is 4.99 Å². The zero-order valence-corrected chi connectivity index (χ0v) is 20.7. The maximum atomic E-state index is 5.80. The van der Waals surface area contributed by atoms with Crippen LogP contribution in [0.3, 0.4) is 0 Å². The van der Waals surface area contributed by atoms with Gasteiger partial charge < -0.3 is 24.4 Å². The van der Waals surface area contributed by atoms with E-state index in [0.717, 1.165) is 44.4 Å². The minimum absolute atomic E-state index is 0. The highest BCUT2D eigenvalue weighted by Crippen LogP contribution is 2.13. The molecule has 0 bridgehead atoms. The number of halogens is 1. The van der Waals surface area contributed by atoms with Crippen LogP contribution < -0.4 is 10.1 Å². The van der Waals surface area contributed by atoms with Crippen molar-refractivity contribution in [3.05, 3.63) is 53.9 Å². The van der Waals surface area contributed by atoms with E-state index in [-0.39, 0.29) is 24.0 Å². The number of guanidine groups is 1. The van der Waals surface area contributed by atoms with Crippen LogP contribution in [0.4, 0.5) is 0 Å². The number of hydrogen-bond acceptors (Lipinski definition) is 3. The minimum atomic E-state index is 0. The number of hydrogen-bond donors (Lipinski definition) is 1. The van der Waals surface area contributed by atoms with Crippen molar-refractivity contribution in [2.75, 3.05) is 40.8 Å². The Labute approximate surface area is 193 Å². The highest BCUT2D eigenvalue weighted by Gasteiger charge is 2.08. The van der Waals surface area contributed by atoms with Crippen LogP contribution in [-0.4, -0.2) is 61.2 Å². The van der Waals surface area contributed by atoms with Gasteiger partial charge in [0.05, 0.1) is 19.7 Å². The zero-order chi connectivity index (χ0) is 20.4. The van der Waals surface area contributed by atoms with Gasteiger partial charge in [-0.05, 0) is 57.3 Å². The Hall–Kier alpha value is -1.74. The van der Waals surface area contributed by atoms with Crippen LogP contribution in [0.2, 0.25) is 0 Å². The van der Waals surface area contributed by atoms with Crippen molar-refractivity contribution in [1.82, 2.24) is 19.7 Å². The number of aryl methyl sites for hydroxylation is 1. The van der Waals surface area contributed by atoms with E-state index in [1.807, 2.05) is 12.1 Å². The molecule has 2 rings (SSSR count). The van der Waals surface area contributed by atoms with Gasteiger partial charge >= 0.3 is 0 Å². The van der Waals surface area contributed by atoms with Gasteiger partial charge in [-0.1, -0.05) is 12.1 Å². The summed E-state index contributed by atoms with van der Waals surface area (Å²) in [7, 11) is 8.29. The number of aromatic nitrogens is 1. The number of ether oxygens (including phenoxy) is 1. The van der Waals surface area contributed by atoms with Crippen LogP contribution >= 0.6 is 24.0 Å². The standard InChI is InChI=1S/C22H35N5O.HI/c1-6-23-22(27(5)18-20-9-7-15-26(20)4)24-17-19-10-12-21(13-11-19)28-16-8-14-25(2)3;/h7,9-13,15H,6,8,14,16-18H2,1-5H3,(H,23,24);1H. The average Bonchev–Trinajstić information content (AvgIpc) is 3.07. The Morgan fingerprint density at radius 1 is 1.14 bits per heavy atom. The second-order valence-electron chi connectivity index (χ2n) is 7.29. The third-order valence-electron chi connectivity index (χ3n) is 4.50. The molecular weight excluding hydrogens is 477 g/mol.